The number of alkyl halides is 2. The average Bonchev–Trinajstić information content (AvgIpc) is 2.68. The number of hydrogen-bond acceptors (Lipinski definition) is 5. The Hall–Kier alpha value is -2.67. The SMILES string of the molecule is CN1CCC[C@@H](Nc2nnc(-c3ccccc3C(F)F)c3ccncc23)C1. The number of fused-ring (bicyclic) bond motifs is 1. The third-order valence-electron chi connectivity index (χ3n) is 5.00. The maximum absolute atomic E-state index is 13.5. The second-order valence-electron chi connectivity index (χ2n) is 6.95. The van der Waals surface area contributed by atoms with E-state index in [9.17, 15) is 8.78 Å². The molecule has 3 heterocycles. The van der Waals surface area contributed by atoms with E-state index in [-0.39, 0.29) is 11.6 Å². The van der Waals surface area contributed by atoms with Crippen molar-refractivity contribution in [2.24, 2.45) is 0 Å². The third kappa shape index (κ3) is 3.60. The zero-order valence-corrected chi connectivity index (χ0v) is 15.1. The quantitative estimate of drug-likeness (QED) is 0.749. The number of nitrogens with zero attached hydrogens (tertiary/aromatic N) is 4. The van der Waals surface area contributed by atoms with E-state index >= 15 is 0 Å². The Kier molecular flexibility index (Phi) is 4.94. The van der Waals surface area contributed by atoms with Gasteiger partial charge in [0.1, 0.15) is 5.69 Å². The van der Waals surface area contributed by atoms with Crippen molar-refractivity contribution >= 4 is 16.6 Å². The number of nitrogens with one attached hydrogen (secondary N) is 1. The van der Waals surface area contributed by atoms with Crippen LogP contribution in [0.5, 0.6) is 0 Å². The molecule has 1 fully saturated rings. The summed E-state index contributed by atoms with van der Waals surface area (Å²) in [5.41, 5.74) is 0.814. The summed E-state index contributed by atoms with van der Waals surface area (Å²) in [4.78, 5) is 6.49. The molecule has 0 amide bonds. The van der Waals surface area contributed by atoms with Crippen LogP contribution in [0.3, 0.4) is 0 Å². The van der Waals surface area contributed by atoms with Crippen LogP contribution < -0.4 is 5.32 Å². The van der Waals surface area contributed by atoms with Crippen molar-refractivity contribution in [3.05, 3.63) is 48.3 Å². The van der Waals surface area contributed by atoms with Gasteiger partial charge in [-0.05, 0) is 32.5 Å². The molecule has 0 unspecified atom stereocenters. The van der Waals surface area contributed by atoms with Gasteiger partial charge in [-0.1, -0.05) is 24.3 Å². The minimum absolute atomic E-state index is 0.0421. The van der Waals surface area contributed by atoms with Crippen molar-refractivity contribution in [3.63, 3.8) is 0 Å². The van der Waals surface area contributed by atoms with Gasteiger partial charge < -0.3 is 10.2 Å². The Morgan fingerprint density at radius 2 is 2.00 bits per heavy atom. The molecule has 0 aliphatic carbocycles. The van der Waals surface area contributed by atoms with Crippen LogP contribution in [0.25, 0.3) is 22.0 Å². The van der Waals surface area contributed by atoms with Crippen molar-refractivity contribution in [1.29, 1.82) is 0 Å². The smallest absolute Gasteiger partial charge is 0.264 e. The topological polar surface area (TPSA) is 53.9 Å². The highest BCUT2D eigenvalue weighted by atomic mass is 19.3. The monoisotopic (exact) mass is 369 g/mol. The van der Waals surface area contributed by atoms with E-state index < -0.39 is 6.43 Å². The van der Waals surface area contributed by atoms with Crippen LogP contribution in [-0.4, -0.2) is 46.3 Å². The minimum atomic E-state index is -2.57. The van der Waals surface area contributed by atoms with Crippen molar-refractivity contribution in [2.75, 3.05) is 25.5 Å². The first-order valence-electron chi connectivity index (χ1n) is 9.06. The molecule has 1 aromatic carbocycles. The van der Waals surface area contributed by atoms with Gasteiger partial charge in [-0.15, -0.1) is 10.2 Å². The summed E-state index contributed by atoms with van der Waals surface area (Å²) in [5.74, 6) is 0.650. The molecule has 0 spiro atoms. The molecule has 4 rings (SSSR count). The lowest BCUT2D eigenvalue weighted by molar-refractivity contribution is 0.152. The summed E-state index contributed by atoms with van der Waals surface area (Å²) in [6, 6.07) is 8.52. The lowest BCUT2D eigenvalue weighted by Gasteiger charge is -2.30. The van der Waals surface area contributed by atoms with Crippen LogP contribution in [0.4, 0.5) is 14.6 Å². The van der Waals surface area contributed by atoms with Gasteiger partial charge >= 0.3 is 0 Å². The lowest BCUT2D eigenvalue weighted by Crippen LogP contribution is -2.40. The predicted octanol–water partition coefficient (Wildman–Crippen LogP) is 4.14. The predicted molar refractivity (Wildman–Crippen MR) is 102 cm³/mol. The van der Waals surface area contributed by atoms with Crippen LogP contribution in [0.15, 0.2) is 42.7 Å². The molecule has 1 aliphatic heterocycles. The Morgan fingerprint density at radius 1 is 1.15 bits per heavy atom. The van der Waals surface area contributed by atoms with Gasteiger partial charge in [0.15, 0.2) is 5.82 Å². The molecular formula is C20H21F2N5. The molecular weight excluding hydrogens is 348 g/mol. The summed E-state index contributed by atoms with van der Waals surface area (Å²) in [5, 5.41) is 13.7. The molecule has 1 aliphatic rings. The second-order valence-corrected chi connectivity index (χ2v) is 6.95. The Balaban J connectivity index is 1.77. The number of pyridine rings is 1. The van der Waals surface area contributed by atoms with Crippen LogP contribution in [0.2, 0.25) is 0 Å². The molecule has 2 aromatic heterocycles. The van der Waals surface area contributed by atoms with Gasteiger partial charge in [-0.3, -0.25) is 4.98 Å². The van der Waals surface area contributed by atoms with Crippen LogP contribution in [0, 0.1) is 0 Å². The first kappa shape index (κ1) is 17.7. The van der Waals surface area contributed by atoms with Gasteiger partial charge in [0.05, 0.1) is 0 Å². The van der Waals surface area contributed by atoms with Gasteiger partial charge in [0, 0.05) is 46.9 Å². The first-order valence-corrected chi connectivity index (χ1v) is 9.06. The normalized spacial score (nSPS) is 18.1. The largest absolute Gasteiger partial charge is 0.364 e. The molecule has 0 radical (unpaired) electrons. The standard InChI is InChI=1S/C20H21F2N5/c1-27-10-4-5-13(12-27)24-20-17-11-23-9-8-15(17)18(25-26-20)14-6-2-3-7-16(14)19(21)22/h2-3,6-9,11,13,19H,4-5,10,12H2,1H3,(H,24,26)/t13-/m1/s1. The molecule has 0 bridgehead atoms. The number of anilines is 1. The average molecular weight is 369 g/mol. The summed E-state index contributed by atoms with van der Waals surface area (Å²) >= 11 is 0. The van der Waals surface area contributed by atoms with Crippen LogP contribution >= 0.6 is 0 Å². The summed E-state index contributed by atoms with van der Waals surface area (Å²) in [6.07, 6.45) is 2.97. The number of likely N-dealkylation sites (N-methyl/N-ethyl adjacent to an activating group) is 1. The van der Waals surface area contributed by atoms with Crippen molar-refractivity contribution in [1.82, 2.24) is 20.1 Å². The Morgan fingerprint density at radius 3 is 2.81 bits per heavy atom. The molecule has 3 aromatic rings. The van der Waals surface area contributed by atoms with Crippen molar-refractivity contribution in [2.45, 2.75) is 25.3 Å². The molecule has 27 heavy (non-hydrogen) atoms. The second kappa shape index (κ2) is 7.52. The number of benzene rings is 1. The van der Waals surface area contributed by atoms with Crippen molar-refractivity contribution in [3.8, 4) is 11.3 Å². The maximum atomic E-state index is 13.5. The molecule has 7 heteroatoms. The van der Waals surface area contributed by atoms with Gasteiger partial charge in [-0.25, -0.2) is 8.78 Å². The fourth-order valence-electron chi connectivity index (χ4n) is 3.68. The van der Waals surface area contributed by atoms with Gasteiger partial charge in [-0.2, -0.15) is 0 Å². The van der Waals surface area contributed by atoms with Crippen molar-refractivity contribution < 1.29 is 8.78 Å². The maximum Gasteiger partial charge on any atom is 0.264 e. The fourth-order valence-corrected chi connectivity index (χ4v) is 3.68. The molecule has 5 nitrogen and oxygen atoms in total. The number of rotatable bonds is 4. The van der Waals surface area contributed by atoms with Gasteiger partial charge in [0.2, 0.25) is 0 Å². The van der Waals surface area contributed by atoms with Gasteiger partial charge in [0.25, 0.3) is 6.43 Å². The zero-order valence-electron chi connectivity index (χ0n) is 15.1. The summed E-state index contributed by atoms with van der Waals surface area (Å²) in [7, 11) is 2.10. The van der Waals surface area contributed by atoms with E-state index in [2.05, 4.69) is 32.4 Å². The number of hydrogen-bond donors (Lipinski definition) is 1. The Bertz CT molecular complexity index is 947. The summed E-state index contributed by atoms with van der Waals surface area (Å²) < 4.78 is 26.9. The van der Waals surface area contributed by atoms with E-state index in [1.54, 1.807) is 36.7 Å². The zero-order chi connectivity index (χ0) is 18.8. The van der Waals surface area contributed by atoms with Crippen LogP contribution in [0.1, 0.15) is 24.8 Å². The fraction of sp³-hybridized carbons (Fsp3) is 0.350. The van der Waals surface area contributed by atoms with E-state index in [1.165, 1.54) is 6.07 Å². The summed E-state index contributed by atoms with van der Waals surface area (Å²) in [6.45, 7) is 2.02. The van der Waals surface area contributed by atoms with E-state index in [1.807, 2.05) is 0 Å². The highest BCUT2D eigenvalue weighted by molar-refractivity contribution is 6.00. The highest BCUT2D eigenvalue weighted by Gasteiger charge is 2.21. The van der Waals surface area contributed by atoms with Crippen LogP contribution in [-0.2, 0) is 0 Å². The molecule has 1 N–H and O–H groups in total. The Labute approximate surface area is 156 Å². The molecule has 1 atom stereocenters. The first-order chi connectivity index (χ1) is 13.1. The number of piperidine rings is 1. The highest BCUT2D eigenvalue weighted by Crippen LogP contribution is 2.35. The minimum Gasteiger partial charge on any atom is -0.364 e. The number of halogens is 2. The molecule has 1 saturated heterocycles. The lowest BCUT2D eigenvalue weighted by atomic mass is 10.0. The van der Waals surface area contributed by atoms with E-state index in [4.69, 9.17) is 0 Å². The molecule has 140 valence electrons. The molecule has 0 saturated carbocycles. The van der Waals surface area contributed by atoms with E-state index in [0.29, 0.717) is 17.1 Å². The number of likely N-dealkylation sites (tertiary alicyclic amines) is 1. The number of aromatic nitrogens is 3. The third-order valence-corrected chi connectivity index (χ3v) is 5.00. The van der Waals surface area contributed by atoms with E-state index in [0.717, 1.165) is 36.7 Å².